The average molecular weight is 354 g/mol. The molecule has 118 valence electrons. The van der Waals surface area contributed by atoms with Crippen LogP contribution in [-0.4, -0.2) is 49.6 Å². The highest BCUT2D eigenvalue weighted by Crippen LogP contribution is 2.36. The van der Waals surface area contributed by atoms with Crippen LogP contribution in [0.2, 0.25) is 0 Å². The van der Waals surface area contributed by atoms with Crippen LogP contribution < -0.4 is 5.73 Å². The molecule has 2 rings (SSSR count). The lowest BCUT2D eigenvalue weighted by atomic mass is 9.75. The van der Waals surface area contributed by atoms with Gasteiger partial charge in [0, 0.05) is 22.6 Å². The summed E-state index contributed by atoms with van der Waals surface area (Å²) in [5, 5.41) is 0. The molecule has 0 saturated heterocycles. The standard InChI is InChI=1S/C17H28BrN3/c1-20(2)17(9-5-10-17)13-21(3)11-8-16(19)14-6-4-7-15(18)12-14/h4,6-7,12,16H,5,8-11,13,19H2,1-3H3. The molecule has 1 aromatic carbocycles. The van der Waals surface area contributed by atoms with Crippen LogP contribution in [0.3, 0.4) is 0 Å². The molecule has 0 radical (unpaired) electrons. The Bertz CT molecular complexity index is 457. The Kier molecular flexibility index (Phi) is 5.83. The van der Waals surface area contributed by atoms with Crippen molar-refractivity contribution >= 4 is 15.9 Å². The Labute approximate surface area is 137 Å². The fraction of sp³-hybridized carbons (Fsp3) is 0.647. The number of benzene rings is 1. The van der Waals surface area contributed by atoms with E-state index in [0.717, 1.165) is 24.0 Å². The maximum atomic E-state index is 6.32. The summed E-state index contributed by atoms with van der Waals surface area (Å²) in [6, 6.07) is 8.44. The van der Waals surface area contributed by atoms with Gasteiger partial charge in [0.15, 0.2) is 0 Å². The summed E-state index contributed by atoms with van der Waals surface area (Å²) in [5.41, 5.74) is 7.93. The molecule has 0 heterocycles. The molecule has 0 aromatic heterocycles. The number of likely N-dealkylation sites (N-methyl/N-ethyl adjacent to an activating group) is 2. The van der Waals surface area contributed by atoms with Crippen molar-refractivity contribution in [2.45, 2.75) is 37.3 Å². The van der Waals surface area contributed by atoms with Crippen molar-refractivity contribution in [3.8, 4) is 0 Å². The molecule has 1 fully saturated rings. The predicted octanol–water partition coefficient (Wildman–Crippen LogP) is 3.26. The minimum Gasteiger partial charge on any atom is -0.324 e. The third-order valence-corrected chi connectivity index (χ3v) is 5.39. The van der Waals surface area contributed by atoms with Crippen molar-refractivity contribution < 1.29 is 0 Å². The summed E-state index contributed by atoms with van der Waals surface area (Å²) in [4.78, 5) is 4.85. The van der Waals surface area contributed by atoms with Crippen molar-refractivity contribution in [2.24, 2.45) is 5.73 Å². The van der Waals surface area contributed by atoms with Gasteiger partial charge in [-0.25, -0.2) is 0 Å². The normalized spacial score (nSPS) is 18.8. The predicted molar refractivity (Wildman–Crippen MR) is 93.5 cm³/mol. The smallest absolute Gasteiger partial charge is 0.0330 e. The highest BCUT2D eigenvalue weighted by Gasteiger charge is 2.39. The highest BCUT2D eigenvalue weighted by atomic mass is 79.9. The first kappa shape index (κ1) is 16.9. The van der Waals surface area contributed by atoms with Crippen LogP contribution in [-0.2, 0) is 0 Å². The lowest BCUT2D eigenvalue weighted by Gasteiger charge is -2.49. The van der Waals surface area contributed by atoms with Gasteiger partial charge in [-0.15, -0.1) is 0 Å². The Balaban J connectivity index is 1.82. The van der Waals surface area contributed by atoms with Crippen molar-refractivity contribution in [3.05, 3.63) is 34.3 Å². The summed E-state index contributed by atoms with van der Waals surface area (Å²) < 4.78 is 1.10. The zero-order chi connectivity index (χ0) is 15.5. The van der Waals surface area contributed by atoms with Crippen LogP contribution in [0.15, 0.2) is 28.7 Å². The molecule has 1 aliphatic carbocycles. The summed E-state index contributed by atoms with van der Waals surface area (Å²) in [6.45, 7) is 2.19. The zero-order valence-corrected chi connectivity index (χ0v) is 15.1. The number of hydrogen-bond acceptors (Lipinski definition) is 3. The molecule has 0 bridgehead atoms. The molecule has 0 amide bonds. The molecule has 1 saturated carbocycles. The van der Waals surface area contributed by atoms with E-state index in [9.17, 15) is 0 Å². The Hall–Kier alpha value is -0.420. The van der Waals surface area contributed by atoms with Crippen LogP contribution in [0.5, 0.6) is 0 Å². The van der Waals surface area contributed by atoms with Gasteiger partial charge in [-0.3, -0.25) is 0 Å². The molecular formula is C17H28BrN3. The average Bonchev–Trinajstić information content (AvgIpc) is 2.39. The second-order valence-corrected chi connectivity index (χ2v) is 7.58. The lowest BCUT2D eigenvalue weighted by molar-refractivity contribution is 0.0272. The van der Waals surface area contributed by atoms with Gasteiger partial charge in [-0.05, 0) is 71.1 Å². The third kappa shape index (κ3) is 4.28. The molecule has 3 nitrogen and oxygen atoms in total. The van der Waals surface area contributed by atoms with Gasteiger partial charge in [0.2, 0.25) is 0 Å². The monoisotopic (exact) mass is 353 g/mol. The molecule has 0 aliphatic heterocycles. The van der Waals surface area contributed by atoms with Gasteiger partial charge in [0.1, 0.15) is 0 Å². The molecule has 1 aromatic rings. The van der Waals surface area contributed by atoms with E-state index in [1.807, 2.05) is 6.07 Å². The maximum absolute atomic E-state index is 6.32. The molecule has 2 N–H and O–H groups in total. The fourth-order valence-electron chi connectivity index (χ4n) is 3.18. The number of nitrogens with zero attached hydrogens (tertiary/aromatic N) is 2. The van der Waals surface area contributed by atoms with Crippen LogP contribution in [0.4, 0.5) is 0 Å². The van der Waals surface area contributed by atoms with E-state index in [-0.39, 0.29) is 6.04 Å². The number of nitrogens with two attached hydrogens (primary N) is 1. The van der Waals surface area contributed by atoms with Crippen LogP contribution in [0, 0.1) is 0 Å². The topological polar surface area (TPSA) is 32.5 Å². The quantitative estimate of drug-likeness (QED) is 0.816. The van der Waals surface area contributed by atoms with Crippen molar-refractivity contribution in [2.75, 3.05) is 34.2 Å². The lowest BCUT2D eigenvalue weighted by Crippen LogP contribution is -2.56. The Morgan fingerprint density at radius 2 is 2.00 bits per heavy atom. The van der Waals surface area contributed by atoms with Crippen LogP contribution in [0.25, 0.3) is 0 Å². The van der Waals surface area contributed by atoms with Gasteiger partial charge in [-0.1, -0.05) is 28.1 Å². The number of halogens is 1. The van der Waals surface area contributed by atoms with Gasteiger partial charge in [0.25, 0.3) is 0 Å². The zero-order valence-electron chi connectivity index (χ0n) is 13.5. The highest BCUT2D eigenvalue weighted by molar-refractivity contribution is 9.10. The fourth-order valence-corrected chi connectivity index (χ4v) is 3.59. The molecule has 1 aliphatic rings. The van der Waals surface area contributed by atoms with E-state index in [2.05, 4.69) is 65.1 Å². The van der Waals surface area contributed by atoms with Gasteiger partial charge < -0.3 is 15.5 Å². The summed E-state index contributed by atoms with van der Waals surface area (Å²) in [7, 11) is 6.64. The van der Waals surface area contributed by atoms with E-state index >= 15 is 0 Å². The van der Waals surface area contributed by atoms with Gasteiger partial charge in [-0.2, -0.15) is 0 Å². The number of hydrogen-bond donors (Lipinski definition) is 1. The largest absolute Gasteiger partial charge is 0.324 e. The van der Waals surface area contributed by atoms with E-state index in [0.29, 0.717) is 5.54 Å². The molecule has 1 atom stereocenters. The van der Waals surface area contributed by atoms with Crippen LogP contribution in [0.1, 0.15) is 37.3 Å². The molecule has 21 heavy (non-hydrogen) atoms. The summed E-state index contributed by atoms with van der Waals surface area (Å²) in [6.07, 6.45) is 5.00. The summed E-state index contributed by atoms with van der Waals surface area (Å²) in [5.74, 6) is 0. The first-order valence-corrected chi connectivity index (χ1v) is 8.59. The Morgan fingerprint density at radius 1 is 1.29 bits per heavy atom. The molecule has 4 heteroatoms. The Morgan fingerprint density at radius 3 is 2.52 bits per heavy atom. The van der Waals surface area contributed by atoms with Crippen LogP contribution >= 0.6 is 15.9 Å². The van der Waals surface area contributed by atoms with Gasteiger partial charge in [0.05, 0.1) is 0 Å². The second-order valence-electron chi connectivity index (χ2n) is 6.66. The third-order valence-electron chi connectivity index (χ3n) is 4.90. The summed E-state index contributed by atoms with van der Waals surface area (Å²) >= 11 is 3.51. The maximum Gasteiger partial charge on any atom is 0.0330 e. The van der Waals surface area contributed by atoms with Crippen molar-refractivity contribution in [1.82, 2.24) is 9.80 Å². The van der Waals surface area contributed by atoms with E-state index in [1.54, 1.807) is 0 Å². The minimum atomic E-state index is 0.113. The first-order chi connectivity index (χ1) is 9.93. The van der Waals surface area contributed by atoms with E-state index < -0.39 is 0 Å². The van der Waals surface area contributed by atoms with E-state index in [4.69, 9.17) is 5.73 Å². The minimum absolute atomic E-state index is 0.113. The van der Waals surface area contributed by atoms with E-state index in [1.165, 1.54) is 24.8 Å². The second kappa shape index (κ2) is 7.23. The molecule has 0 spiro atoms. The first-order valence-electron chi connectivity index (χ1n) is 7.80. The SMILES string of the molecule is CN(CCC(N)c1cccc(Br)c1)CC1(N(C)C)CCC1. The number of rotatable bonds is 7. The van der Waals surface area contributed by atoms with Gasteiger partial charge >= 0.3 is 0 Å². The molecular weight excluding hydrogens is 326 g/mol. The van der Waals surface area contributed by atoms with Crippen molar-refractivity contribution in [3.63, 3.8) is 0 Å². The van der Waals surface area contributed by atoms with Crippen molar-refractivity contribution in [1.29, 1.82) is 0 Å². The molecule has 1 unspecified atom stereocenters.